The molecule has 0 saturated heterocycles. The van der Waals surface area contributed by atoms with Gasteiger partial charge in [-0.25, -0.2) is 0 Å². The van der Waals surface area contributed by atoms with Crippen molar-refractivity contribution in [3.8, 4) is 0 Å². The summed E-state index contributed by atoms with van der Waals surface area (Å²) < 4.78 is 5.54. The zero-order valence-electron chi connectivity index (χ0n) is 9.41. The van der Waals surface area contributed by atoms with Crippen molar-refractivity contribution in [2.75, 3.05) is 13.2 Å². The van der Waals surface area contributed by atoms with Crippen LogP contribution in [0.3, 0.4) is 0 Å². The number of rotatable bonds is 9. The molecule has 0 amide bonds. The van der Waals surface area contributed by atoms with Gasteiger partial charge in [0.1, 0.15) is 5.44 Å². The first-order valence-corrected chi connectivity index (χ1v) is 6.16. The van der Waals surface area contributed by atoms with Gasteiger partial charge in [-0.3, -0.25) is 0 Å². The monoisotopic (exact) mass is 220 g/mol. The van der Waals surface area contributed by atoms with E-state index in [0.29, 0.717) is 12.3 Å². The Balaban J connectivity index is 3.50. The number of hydrogen-bond donors (Lipinski definition) is 2. The molecule has 0 rings (SSSR count). The first-order chi connectivity index (χ1) is 6.74. The molecule has 0 aliphatic rings. The molecule has 0 aromatic carbocycles. The SMILES string of the molecule is CCCCC(CC)COC(S)CCO. The highest BCUT2D eigenvalue weighted by atomic mass is 32.1. The van der Waals surface area contributed by atoms with Gasteiger partial charge in [0, 0.05) is 13.0 Å². The summed E-state index contributed by atoms with van der Waals surface area (Å²) in [5.41, 5.74) is -0.101. The Morgan fingerprint density at radius 3 is 2.50 bits per heavy atom. The minimum absolute atomic E-state index is 0.101. The third kappa shape index (κ3) is 7.65. The van der Waals surface area contributed by atoms with Gasteiger partial charge in [0.25, 0.3) is 0 Å². The van der Waals surface area contributed by atoms with E-state index in [1.165, 1.54) is 25.7 Å². The van der Waals surface area contributed by atoms with Crippen LogP contribution in [0.25, 0.3) is 0 Å². The highest BCUT2D eigenvalue weighted by molar-refractivity contribution is 7.80. The molecule has 0 radical (unpaired) electrons. The van der Waals surface area contributed by atoms with E-state index < -0.39 is 0 Å². The molecule has 0 heterocycles. The van der Waals surface area contributed by atoms with E-state index >= 15 is 0 Å². The van der Waals surface area contributed by atoms with Gasteiger partial charge in [-0.2, -0.15) is 0 Å². The van der Waals surface area contributed by atoms with Crippen LogP contribution in [0.15, 0.2) is 0 Å². The maximum atomic E-state index is 8.67. The van der Waals surface area contributed by atoms with Gasteiger partial charge in [0.05, 0.1) is 6.61 Å². The fourth-order valence-electron chi connectivity index (χ4n) is 1.34. The van der Waals surface area contributed by atoms with E-state index in [2.05, 4.69) is 26.5 Å². The lowest BCUT2D eigenvalue weighted by Gasteiger charge is -2.17. The summed E-state index contributed by atoms with van der Waals surface area (Å²) in [4.78, 5) is 0. The molecule has 2 unspecified atom stereocenters. The summed E-state index contributed by atoms with van der Waals surface area (Å²) >= 11 is 4.23. The first kappa shape index (κ1) is 14.3. The molecule has 0 spiro atoms. The Labute approximate surface area is 93.5 Å². The van der Waals surface area contributed by atoms with Crippen molar-refractivity contribution in [3.63, 3.8) is 0 Å². The van der Waals surface area contributed by atoms with Crippen molar-refractivity contribution in [1.82, 2.24) is 0 Å². The van der Waals surface area contributed by atoms with Crippen LogP contribution in [0.1, 0.15) is 46.0 Å². The molecule has 14 heavy (non-hydrogen) atoms. The van der Waals surface area contributed by atoms with E-state index in [1.54, 1.807) is 0 Å². The molecule has 0 fully saturated rings. The zero-order valence-corrected chi connectivity index (χ0v) is 10.3. The molecular weight excluding hydrogens is 196 g/mol. The number of hydrogen-bond acceptors (Lipinski definition) is 3. The van der Waals surface area contributed by atoms with Crippen LogP contribution in [0.4, 0.5) is 0 Å². The average Bonchev–Trinajstić information content (AvgIpc) is 2.19. The molecule has 0 aliphatic heterocycles. The Kier molecular flexibility index (Phi) is 10.0. The molecular formula is C11H24O2S. The molecule has 0 aromatic heterocycles. The average molecular weight is 220 g/mol. The van der Waals surface area contributed by atoms with Crippen LogP contribution in [0.5, 0.6) is 0 Å². The third-order valence-corrected chi connectivity index (χ3v) is 2.85. The summed E-state index contributed by atoms with van der Waals surface area (Å²) in [6.07, 6.45) is 5.55. The van der Waals surface area contributed by atoms with Gasteiger partial charge < -0.3 is 9.84 Å². The Hall–Kier alpha value is 0.270. The molecule has 0 saturated carbocycles. The van der Waals surface area contributed by atoms with Crippen LogP contribution in [0.2, 0.25) is 0 Å². The van der Waals surface area contributed by atoms with Gasteiger partial charge >= 0.3 is 0 Å². The lowest BCUT2D eigenvalue weighted by atomic mass is 10.0. The van der Waals surface area contributed by atoms with Crippen LogP contribution in [-0.2, 0) is 4.74 Å². The van der Waals surface area contributed by atoms with Gasteiger partial charge in [-0.1, -0.05) is 33.1 Å². The van der Waals surface area contributed by atoms with Crippen molar-refractivity contribution >= 4 is 12.6 Å². The number of ether oxygens (including phenoxy) is 1. The van der Waals surface area contributed by atoms with Gasteiger partial charge in [0.15, 0.2) is 0 Å². The van der Waals surface area contributed by atoms with Gasteiger partial charge in [-0.05, 0) is 12.3 Å². The Morgan fingerprint density at radius 1 is 1.29 bits per heavy atom. The second kappa shape index (κ2) is 9.81. The van der Waals surface area contributed by atoms with Crippen molar-refractivity contribution in [1.29, 1.82) is 0 Å². The highest BCUT2D eigenvalue weighted by Crippen LogP contribution is 2.15. The van der Waals surface area contributed by atoms with Crippen LogP contribution < -0.4 is 0 Å². The topological polar surface area (TPSA) is 29.5 Å². The van der Waals surface area contributed by atoms with E-state index in [-0.39, 0.29) is 12.0 Å². The molecule has 0 bridgehead atoms. The van der Waals surface area contributed by atoms with E-state index in [4.69, 9.17) is 9.84 Å². The Morgan fingerprint density at radius 2 is 2.00 bits per heavy atom. The van der Waals surface area contributed by atoms with Crippen LogP contribution >= 0.6 is 12.6 Å². The molecule has 2 nitrogen and oxygen atoms in total. The summed E-state index contributed by atoms with van der Waals surface area (Å²) in [5, 5.41) is 8.67. The molecule has 0 aromatic rings. The van der Waals surface area contributed by atoms with Crippen molar-refractivity contribution in [3.05, 3.63) is 0 Å². The highest BCUT2D eigenvalue weighted by Gasteiger charge is 2.09. The molecule has 0 aliphatic carbocycles. The van der Waals surface area contributed by atoms with Gasteiger partial charge in [-0.15, -0.1) is 12.6 Å². The van der Waals surface area contributed by atoms with Crippen molar-refractivity contribution in [2.24, 2.45) is 5.92 Å². The molecule has 1 N–H and O–H groups in total. The maximum absolute atomic E-state index is 8.67. The van der Waals surface area contributed by atoms with E-state index in [1.807, 2.05) is 0 Å². The number of thiol groups is 1. The maximum Gasteiger partial charge on any atom is 0.102 e. The predicted octanol–water partition coefficient (Wildman–Crippen LogP) is 2.86. The summed E-state index contributed by atoms with van der Waals surface area (Å²) in [7, 11) is 0. The normalized spacial score (nSPS) is 15.4. The van der Waals surface area contributed by atoms with Crippen molar-refractivity contribution < 1.29 is 9.84 Å². The van der Waals surface area contributed by atoms with Crippen LogP contribution in [-0.4, -0.2) is 23.8 Å². The lowest BCUT2D eigenvalue weighted by Crippen LogP contribution is -2.15. The largest absolute Gasteiger partial charge is 0.396 e. The summed E-state index contributed by atoms with van der Waals surface area (Å²) in [6.45, 7) is 5.34. The second-order valence-electron chi connectivity index (χ2n) is 3.72. The van der Waals surface area contributed by atoms with Crippen molar-refractivity contribution in [2.45, 2.75) is 51.4 Å². The minimum atomic E-state index is -0.101. The number of unbranched alkanes of at least 4 members (excludes halogenated alkanes) is 1. The lowest BCUT2D eigenvalue weighted by molar-refractivity contribution is 0.0627. The first-order valence-electron chi connectivity index (χ1n) is 5.65. The van der Waals surface area contributed by atoms with Crippen LogP contribution in [0, 0.1) is 5.92 Å². The fourth-order valence-corrected chi connectivity index (χ4v) is 1.54. The van der Waals surface area contributed by atoms with E-state index in [0.717, 1.165) is 6.61 Å². The van der Waals surface area contributed by atoms with Gasteiger partial charge in [0.2, 0.25) is 0 Å². The third-order valence-electron chi connectivity index (χ3n) is 2.44. The van der Waals surface area contributed by atoms with E-state index in [9.17, 15) is 0 Å². The fraction of sp³-hybridized carbons (Fsp3) is 1.00. The molecule has 3 heteroatoms. The Bertz CT molecular complexity index is 120. The smallest absolute Gasteiger partial charge is 0.102 e. The summed E-state index contributed by atoms with van der Waals surface area (Å²) in [5.74, 6) is 0.656. The molecule has 86 valence electrons. The standard InChI is InChI=1S/C11H24O2S/c1-3-5-6-10(4-2)9-13-11(14)7-8-12/h10-12,14H,3-9H2,1-2H3. The quantitative estimate of drug-likeness (QED) is 0.462. The minimum Gasteiger partial charge on any atom is -0.396 e. The number of aliphatic hydroxyl groups excluding tert-OH is 1. The zero-order chi connectivity index (χ0) is 10.8. The number of aliphatic hydroxyl groups is 1. The molecule has 2 atom stereocenters. The predicted molar refractivity (Wildman–Crippen MR) is 63.7 cm³/mol. The second-order valence-corrected chi connectivity index (χ2v) is 4.29. The summed E-state index contributed by atoms with van der Waals surface area (Å²) in [6, 6.07) is 0.